The van der Waals surface area contributed by atoms with Crippen molar-refractivity contribution in [1.82, 2.24) is 5.06 Å². The lowest BCUT2D eigenvalue weighted by atomic mass is 10.0. The van der Waals surface area contributed by atoms with Gasteiger partial charge >= 0.3 is 0 Å². The number of aliphatic hydroxyl groups is 1. The molecule has 1 aromatic rings. The first-order valence-electron chi connectivity index (χ1n) is 7.60. The van der Waals surface area contributed by atoms with E-state index in [1.54, 1.807) is 0 Å². The van der Waals surface area contributed by atoms with Crippen molar-refractivity contribution in [3.8, 4) is 0 Å². The van der Waals surface area contributed by atoms with Gasteiger partial charge in [-0.15, -0.1) is 0 Å². The summed E-state index contributed by atoms with van der Waals surface area (Å²) in [6.07, 6.45) is 3.66. The molecule has 1 fully saturated rings. The first kappa shape index (κ1) is 16.2. The van der Waals surface area contributed by atoms with Gasteiger partial charge in [-0.1, -0.05) is 36.9 Å². The minimum absolute atomic E-state index is 0.0159. The third-order valence-electron chi connectivity index (χ3n) is 4.39. The molecule has 21 heavy (non-hydrogen) atoms. The molecule has 1 unspecified atom stereocenters. The number of rotatable bonds is 5. The molecular formula is C18H27NO2. The Labute approximate surface area is 128 Å². The Morgan fingerprint density at radius 3 is 2.14 bits per heavy atom. The van der Waals surface area contributed by atoms with Crippen molar-refractivity contribution in [3.05, 3.63) is 42.0 Å². The van der Waals surface area contributed by atoms with Gasteiger partial charge in [0.1, 0.15) is 6.10 Å². The lowest BCUT2D eigenvalue weighted by molar-refractivity contribution is -0.277. The monoisotopic (exact) mass is 289 g/mol. The summed E-state index contributed by atoms with van der Waals surface area (Å²) in [6, 6.07) is 7.98. The quantitative estimate of drug-likeness (QED) is 0.891. The third kappa shape index (κ3) is 3.37. The number of nitrogens with zero attached hydrogens (tertiary/aromatic N) is 1. The second kappa shape index (κ2) is 5.91. The van der Waals surface area contributed by atoms with E-state index in [0.29, 0.717) is 0 Å². The maximum Gasteiger partial charge on any atom is 0.127 e. The zero-order valence-electron chi connectivity index (χ0n) is 13.6. The van der Waals surface area contributed by atoms with Gasteiger partial charge in [0.15, 0.2) is 0 Å². The normalized spacial score (nSPS) is 22.1. The van der Waals surface area contributed by atoms with Crippen LogP contribution in [0.15, 0.2) is 30.8 Å². The molecule has 0 aromatic heterocycles. The van der Waals surface area contributed by atoms with Crippen LogP contribution in [0.25, 0.3) is 6.08 Å². The van der Waals surface area contributed by atoms with Crippen molar-refractivity contribution < 1.29 is 9.94 Å². The summed E-state index contributed by atoms with van der Waals surface area (Å²) in [5.41, 5.74) is 2.02. The molecule has 3 heteroatoms. The van der Waals surface area contributed by atoms with Gasteiger partial charge in [0.25, 0.3) is 0 Å². The molecule has 0 amide bonds. The topological polar surface area (TPSA) is 32.7 Å². The highest BCUT2D eigenvalue weighted by Crippen LogP contribution is 2.42. The molecule has 1 aromatic carbocycles. The van der Waals surface area contributed by atoms with Crippen LogP contribution in [-0.2, 0) is 4.84 Å². The van der Waals surface area contributed by atoms with Crippen LogP contribution in [0.4, 0.5) is 0 Å². The first-order chi connectivity index (χ1) is 9.80. The van der Waals surface area contributed by atoms with Crippen molar-refractivity contribution in [3.63, 3.8) is 0 Å². The smallest absolute Gasteiger partial charge is 0.127 e. The zero-order chi connectivity index (χ0) is 15.7. The van der Waals surface area contributed by atoms with E-state index in [-0.39, 0.29) is 23.8 Å². The van der Waals surface area contributed by atoms with Gasteiger partial charge < -0.3 is 5.11 Å². The lowest BCUT2D eigenvalue weighted by Gasteiger charge is -2.41. The number of hydrogen-bond acceptors (Lipinski definition) is 3. The van der Waals surface area contributed by atoms with E-state index in [9.17, 15) is 5.11 Å². The Balaban J connectivity index is 2.19. The number of aliphatic hydroxyl groups excluding tert-OH is 1. The summed E-state index contributed by atoms with van der Waals surface area (Å²) in [6.45, 7) is 12.5. The minimum atomic E-state index is -0.333. The summed E-state index contributed by atoms with van der Waals surface area (Å²) in [4.78, 5) is 6.21. The fraction of sp³-hybridized carbons (Fsp3) is 0.556. The highest BCUT2D eigenvalue weighted by atomic mass is 16.7. The van der Waals surface area contributed by atoms with Crippen LogP contribution >= 0.6 is 0 Å². The second-order valence-corrected chi connectivity index (χ2v) is 7.07. The summed E-state index contributed by atoms with van der Waals surface area (Å²) < 4.78 is 0. The molecule has 1 aliphatic rings. The van der Waals surface area contributed by atoms with Crippen molar-refractivity contribution in [2.24, 2.45) is 0 Å². The highest BCUT2D eigenvalue weighted by molar-refractivity contribution is 5.47. The van der Waals surface area contributed by atoms with E-state index >= 15 is 0 Å². The maximum atomic E-state index is 9.73. The number of benzene rings is 1. The highest BCUT2D eigenvalue weighted by Gasteiger charge is 2.46. The molecule has 0 spiro atoms. The second-order valence-electron chi connectivity index (χ2n) is 7.07. The van der Waals surface area contributed by atoms with Gasteiger partial charge in [-0.05, 0) is 51.7 Å². The standard InChI is InChI=1S/C18H27NO2/c1-6-14-7-9-15(10-8-14)16(13-20)21-19-17(2,3)11-12-18(19,4)5/h6-10,16,20H,1,11-13H2,2-5H3. The van der Waals surface area contributed by atoms with E-state index < -0.39 is 0 Å². The van der Waals surface area contributed by atoms with E-state index in [4.69, 9.17) is 4.84 Å². The maximum absolute atomic E-state index is 9.73. The molecule has 2 rings (SSSR count). The fourth-order valence-corrected chi connectivity index (χ4v) is 3.09. The Bertz CT molecular complexity index is 474. The molecule has 1 heterocycles. The Morgan fingerprint density at radius 1 is 1.19 bits per heavy atom. The molecule has 0 radical (unpaired) electrons. The van der Waals surface area contributed by atoms with E-state index in [2.05, 4.69) is 39.3 Å². The Kier molecular flexibility index (Phi) is 4.57. The van der Waals surface area contributed by atoms with E-state index in [0.717, 1.165) is 24.0 Å². The predicted octanol–water partition coefficient (Wildman–Crippen LogP) is 3.95. The van der Waals surface area contributed by atoms with Crippen LogP contribution in [0.1, 0.15) is 57.8 Å². The van der Waals surface area contributed by atoms with Crippen LogP contribution in [0.3, 0.4) is 0 Å². The first-order valence-corrected chi connectivity index (χ1v) is 7.60. The molecule has 0 aliphatic carbocycles. The molecule has 0 saturated carbocycles. The molecule has 116 valence electrons. The SMILES string of the molecule is C=Cc1ccc(C(CO)ON2C(C)(C)CCC2(C)C)cc1. The van der Waals surface area contributed by atoms with Crippen molar-refractivity contribution in [2.45, 2.75) is 57.7 Å². The summed E-state index contributed by atoms with van der Waals surface area (Å²) in [5.74, 6) is 0. The molecule has 1 aliphatic heterocycles. The van der Waals surface area contributed by atoms with E-state index in [1.165, 1.54) is 0 Å². The van der Waals surface area contributed by atoms with Crippen LogP contribution in [0, 0.1) is 0 Å². The van der Waals surface area contributed by atoms with Crippen LogP contribution in [0.2, 0.25) is 0 Å². The van der Waals surface area contributed by atoms with Crippen molar-refractivity contribution in [1.29, 1.82) is 0 Å². The van der Waals surface area contributed by atoms with Crippen molar-refractivity contribution in [2.75, 3.05) is 6.61 Å². The third-order valence-corrected chi connectivity index (χ3v) is 4.39. The molecular weight excluding hydrogens is 262 g/mol. The predicted molar refractivity (Wildman–Crippen MR) is 86.7 cm³/mol. The van der Waals surface area contributed by atoms with Gasteiger partial charge in [0.2, 0.25) is 0 Å². The van der Waals surface area contributed by atoms with Gasteiger partial charge in [-0.3, -0.25) is 4.84 Å². The minimum Gasteiger partial charge on any atom is -0.393 e. The van der Waals surface area contributed by atoms with E-state index in [1.807, 2.05) is 30.3 Å². The van der Waals surface area contributed by atoms with Crippen LogP contribution < -0.4 is 0 Å². The molecule has 3 nitrogen and oxygen atoms in total. The molecule has 1 atom stereocenters. The number of hydroxylamine groups is 2. The largest absolute Gasteiger partial charge is 0.393 e. The van der Waals surface area contributed by atoms with Crippen LogP contribution in [-0.4, -0.2) is 27.9 Å². The van der Waals surface area contributed by atoms with Crippen LogP contribution in [0.5, 0.6) is 0 Å². The average molecular weight is 289 g/mol. The summed E-state index contributed by atoms with van der Waals surface area (Å²) in [5, 5.41) is 11.8. The number of hydrogen-bond donors (Lipinski definition) is 1. The molecule has 1 N–H and O–H groups in total. The average Bonchev–Trinajstić information content (AvgIpc) is 2.66. The Hall–Kier alpha value is -1.16. The summed E-state index contributed by atoms with van der Waals surface area (Å²) >= 11 is 0. The van der Waals surface area contributed by atoms with Gasteiger partial charge in [0, 0.05) is 11.1 Å². The van der Waals surface area contributed by atoms with Gasteiger partial charge in [0.05, 0.1) is 6.61 Å². The molecule has 0 bridgehead atoms. The molecule has 1 saturated heterocycles. The zero-order valence-corrected chi connectivity index (χ0v) is 13.6. The van der Waals surface area contributed by atoms with Crippen molar-refractivity contribution >= 4 is 6.08 Å². The lowest BCUT2D eigenvalue weighted by Crippen LogP contribution is -2.48. The summed E-state index contributed by atoms with van der Waals surface area (Å²) in [7, 11) is 0. The fourth-order valence-electron chi connectivity index (χ4n) is 3.09. The van der Waals surface area contributed by atoms with Gasteiger partial charge in [-0.2, -0.15) is 5.06 Å². The van der Waals surface area contributed by atoms with Gasteiger partial charge in [-0.25, -0.2) is 0 Å². The Morgan fingerprint density at radius 2 is 1.71 bits per heavy atom.